The van der Waals surface area contributed by atoms with Crippen molar-refractivity contribution in [2.45, 2.75) is 32.4 Å². The fourth-order valence-corrected chi connectivity index (χ4v) is 1.85. The van der Waals surface area contributed by atoms with Crippen LogP contribution in [0.25, 0.3) is 0 Å². The molecule has 0 bridgehead atoms. The molecule has 0 spiro atoms. The largest absolute Gasteiger partial charge is 0.491 e. The lowest BCUT2D eigenvalue weighted by Gasteiger charge is -2.20. The maximum absolute atomic E-state index is 9.89. The number of benzene rings is 1. The summed E-state index contributed by atoms with van der Waals surface area (Å²) in [6.07, 6.45) is 1.87. The Hall–Kier alpha value is -1.10. The van der Waals surface area contributed by atoms with Crippen LogP contribution in [-0.4, -0.2) is 42.9 Å². The van der Waals surface area contributed by atoms with E-state index in [2.05, 4.69) is 11.8 Å². The van der Waals surface area contributed by atoms with Gasteiger partial charge in [0.15, 0.2) is 0 Å². The van der Waals surface area contributed by atoms with E-state index in [1.165, 1.54) is 6.42 Å². The molecule has 0 radical (unpaired) electrons. The molecule has 4 nitrogen and oxygen atoms in total. The van der Waals surface area contributed by atoms with Crippen LogP contribution in [0, 0.1) is 0 Å². The molecule has 0 amide bonds. The van der Waals surface area contributed by atoms with Crippen LogP contribution in [0.1, 0.15) is 25.3 Å². The van der Waals surface area contributed by atoms with Crippen LogP contribution in [0.3, 0.4) is 0 Å². The molecule has 0 aliphatic rings. The van der Waals surface area contributed by atoms with Crippen LogP contribution >= 0.6 is 0 Å². The second-order valence-electron chi connectivity index (χ2n) is 4.93. The summed E-state index contributed by atoms with van der Waals surface area (Å²) in [4.78, 5) is 2.13. The first-order valence-electron chi connectivity index (χ1n) is 6.94. The van der Waals surface area contributed by atoms with Crippen molar-refractivity contribution in [1.82, 2.24) is 4.90 Å². The van der Waals surface area contributed by atoms with Crippen molar-refractivity contribution in [1.29, 1.82) is 0 Å². The fraction of sp³-hybridized carbons (Fsp3) is 0.600. The van der Waals surface area contributed by atoms with Gasteiger partial charge in [-0.1, -0.05) is 25.5 Å². The third-order valence-corrected chi connectivity index (χ3v) is 3.02. The second kappa shape index (κ2) is 8.91. The van der Waals surface area contributed by atoms with Crippen molar-refractivity contribution in [2.24, 2.45) is 5.73 Å². The van der Waals surface area contributed by atoms with Crippen LogP contribution in [0.4, 0.5) is 0 Å². The minimum absolute atomic E-state index is 0.318. The third-order valence-electron chi connectivity index (χ3n) is 3.02. The Bertz CT molecular complexity index is 341. The Morgan fingerprint density at radius 3 is 2.58 bits per heavy atom. The van der Waals surface area contributed by atoms with E-state index in [1.54, 1.807) is 0 Å². The van der Waals surface area contributed by atoms with Crippen LogP contribution < -0.4 is 10.5 Å². The predicted octanol–water partition coefficient (Wildman–Crippen LogP) is 1.62. The zero-order chi connectivity index (χ0) is 14.1. The summed E-state index contributed by atoms with van der Waals surface area (Å²) in [5.41, 5.74) is 6.61. The number of ether oxygens (including phenoxy) is 1. The van der Waals surface area contributed by atoms with E-state index in [4.69, 9.17) is 10.5 Å². The summed E-state index contributed by atoms with van der Waals surface area (Å²) >= 11 is 0. The lowest BCUT2D eigenvalue weighted by atomic mass is 10.2. The Kier molecular flexibility index (Phi) is 7.48. The van der Waals surface area contributed by atoms with Gasteiger partial charge in [0, 0.05) is 13.1 Å². The van der Waals surface area contributed by atoms with Gasteiger partial charge in [-0.15, -0.1) is 0 Å². The molecular weight excluding hydrogens is 240 g/mol. The summed E-state index contributed by atoms with van der Waals surface area (Å²) < 4.78 is 5.56. The van der Waals surface area contributed by atoms with Crippen molar-refractivity contribution < 1.29 is 9.84 Å². The lowest BCUT2D eigenvalue weighted by molar-refractivity contribution is 0.0760. The number of rotatable bonds is 9. The molecular formula is C15H26N2O2. The SMILES string of the molecule is CCCCN(C)CC(O)COc1ccc(CN)cc1. The van der Waals surface area contributed by atoms with Crippen molar-refractivity contribution in [3.05, 3.63) is 29.8 Å². The quantitative estimate of drug-likeness (QED) is 0.713. The normalized spacial score (nSPS) is 12.7. The number of hydrogen-bond donors (Lipinski definition) is 2. The van der Waals surface area contributed by atoms with Crippen LogP contribution in [0.2, 0.25) is 0 Å². The molecule has 1 aromatic rings. The molecule has 1 atom stereocenters. The van der Waals surface area contributed by atoms with Crippen LogP contribution in [0.15, 0.2) is 24.3 Å². The van der Waals surface area contributed by atoms with Crippen molar-refractivity contribution in [3.63, 3.8) is 0 Å². The number of nitrogens with zero attached hydrogens (tertiary/aromatic N) is 1. The molecule has 19 heavy (non-hydrogen) atoms. The zero-order valence-electron chi connectivity index (χ0n) is 12.0. The van der Waals surface area contributed by atoms with E-state index in [0.717, 1.165) is 24.3 Å². The van der Waals surface area contributed by atoms with E-state index in [-0.39, 0.29) is 0 Å². The average molecular weight is 266 g/mol. The van der Waals surface area contributed by atoms with Crippen LogP contribution in [0.5, 0.6) is 5.75 Å². The van der Waals surface area contributed by atoms with Gasteiger partial charge in [0.2, 0.25) is 0 Å². The number of aliphatic hydroxyl groups is 1. The van der Waals surface area contributed by atoms with Crippen molar-refractivity contribution >= 4 is 0 Å². The minimum Gasteiger partial charge on any atom is -0.491 e. The number of nitrogens with two attached hydrogens (primary N) is 1. The monoisotopic (exact) mass is 266 g/mol. The molecule has 0 heterocycles. The van der Waals surface area contributed by atoms with Gasteiger partial charge in [0.05, 0.1) is 0 Å². The average Bonchev–Trinajstić information content (AvgIpc) is 2.43. The summed E-state index contributed by atoms with van der Waals surface area (Å²) in [6.45, 7) is 4.67. The summed E-state index contributed by atoms with van der Waals surface area (Å²) in [6, 6.07) is 7.65. The second-order valence-corrected chi connectivity index (χ2v) is 4.93. The zero-order valence-corrected chi connectivity index (χ0v) is 12.0. The Labute approximate surface area is 116 Å². The standard InChI is InChI=1S/C15H26N2O2/c1-3-4-9-17(2)11-14(18)12-19-15-7-5-13(10-16)6-8-15/h5-8,14,18H,3-4,9-12,16H2,1-2H3. The Balaban J connectivity index is 2.26. The molecule has 0 saturated heterocycles. The van der Waals surface area contributed by atoms with E-state index < -0.39 is 6.10 Å². The Morgan fingerprint density at radius 1 is 1.32 bits per heavy atom. The van der Waals surface area contributed by atoms with E-state index in [9.17, 15) is 5.11 Å². The highest BCUT2D eigenvalue weighted by atomic mass is 16.5. The van der Waals surface area contributed by atoms with Gasteiger partial charge in [-0.25, -0.2) is 0 Å². The summed E-state index contributed by atoms with van der Waals surface area (Å²) in [7, 11) is 2.02. The molecule has 0 fully saturated rings. The van der Waals surface area contributed by atoms with Gasteiger partial charge < -0.3 is 20.5 Å². The van der Waals surface area contributed by atoms with Crippen LogP contribution in [-0.2, 0) is 6.54 Å². The molecule has 3 N–H and O–H groups in total. The fourth-order valence-electron chi connectivity index (χ4n) is 1.85. The van der Waals surface area contributed by atoms with E-state index in [1.807, 2.05) is 31.3 Å². The highest BCUT2D eigenvalue weighted by Gasteiger charge is 2.08. The number of unbranched alkanes of at least 4 members (excludes halogenated alkanes) is 1. The van der Waals surface area contributed by atoms with Gasteiger partial charge in [-0.05, 0) is 37.7 Å². The molecule has 0 aliphatic heterocycles. The lowest BCUT2D eigenvalue weighted by Crippen LogP contribution is -2.33. The number of hydrogen-bond acceptors (Lipinski definition) is 4. The van der Waals surface area contributed by atoms with Crippen molar-refractivity contribution in [2.75, 3.05) is 26.7 Å². The first-order chi connectivity index (χ1) is 9.15. The molecule has 0 aromatic heterocycles. The maximum Gasteiger partial charge on any atom is 0.119 e. The van der Waals surface area contributed by atoms with Crippen molar-refractivity contribution in [3.8, 4) is 5.75 Å². The smallest absolute Gasteiger partial charge is 0.119 e. The molecule has 0 aliphatic carbocycles. The molecule has 4 heteroatoms. The molecule has 1 unspecified atom stereocenters. The molecule has 1 rings (SSSR count). The first-order valence-corrected chi connectivity index (χ1v) is 6.94. The van der Waals surface area contributed by atoms with Gasteiger partial charge >= 0.3 is 0 Å². The topological polar surface area (TPSA) is 58.7 Å². The maximum atomic E-state index is 9.89. The Morgan fingerprint density at radius 2 is 2.00 bits per heavy atom. The summed E-state index contributed by atoms with van der Waals surface area (Å²) in [5.74, 6) is 0.771. The number of aliphatic hydroxyl groups excluding tert-OH is 1. The molecule has 108 valence electrons. The highest BCUT2D eigenvalue weighted by molar-refractivity contribution is 5.27. The van der Waals surface area contributed by atoms with Gasteiger partial charge in [-0.3, -0.25) is 0 Å². The predicted molar refractivity (Wildman–Crippen MR) is 78.2 cm³/mol. The van der Waals surface area contributed by atoms with E-state index in [0.29, 0.717) is 19.7 Å². The first kappa shape index (κ1) is 16.0. The number of likely N-dealkylation sites (N-methyl/N-ethyl adjacent to an activating group) is 1. The minimum atomic E-state index is -0.462. The summed E-state index contributed by atoms with van der Waals surface area (Å²) in [5, 5.41) is 9.89. The van der Waals surface area contributed by atoms with E-state index >= 15 is 0 Å². The molecule has 1 aromatic carbocycles. The molecule has 0 saturated carbocycles. The van der Waals surface area contributed by atoms with Gasteiger partial charge in [0.1, 0.15) is 18.5 Å². The van der Waals surface area contributed by atoms with Gasteiger partial charge in [-0.2, -0.15) is 0 Å². The highest BCUT2D eigenvalue weighted by Crippen LogP contribution is 2.12. The third kappa shape index (κ3) is 6.57. The van der Waals surface area contributed by atoms with Gasteiger partial charge in [0.25, 0.3) is 0 Å².